The minimum atomic E-state index is -1.05. The summed E-state index contributed by atoms with van der Waals surface area (Å²) in [4.78, 5) is 19.3. The number of pyridine rings is 1. The Morgan fingerprint density at radius 1 is 1.25 bits per heavy atom. The second-order valence-electron chi connectivity index (χ2n) is 4.14. The molecule has 1 aromatic heterocycles. The SMILES string of the molecule is C/C(=N\OCC(=O)O)c1ccc(-c2ccccn2)cc1. The third kappa shape index (κ3) is 3.65. The maximum absolute atomic E-state index is 10.3. The summed E-state index contributed by atoms with van der Waals surface area (Å²) in [6, 6.07) is 13.4. The maximum atomic E-state index is 10.3. The molecule has 1 N–H and O–H groups in total. The Labute approximate surface area is 116 Å². The molecule has 0 unspecified atom stereocenters. The fraction of sp³-hybridized carbons (Fsp3) is 0.133. The first-order chi connectivity index (χ1) is 9.66. The topological polar surface area (TPSA) is 71.8 Å². The lowest BCUT2D eigenvalue weighted by molar-refractivity contribution is -0.142. The zero-order valence-corrected chi connectivity index (χ0v) is 11.0. The number of rotatable bonds is 5. The second-order valence-corrected chi connectivity index (χ2v) is 4.14. The Morgan fingerprint density at radius 3 is 2.60 bits per heavy atom. The highest BCUT2D eigenvalue weighted by Gasteiger charge is 2.02. The van der Waals surface area contributed by atoms with E-state index < -0.39 is 12.6 Å². The van der Waals surface area contributed by atoms with Crippen LogP contribution < -0.4 is 0 Å². The van der Waals surface area contributed by atoms with Crippen LogP contribution in [0.3, 0.4) is 0 Å². The summed E-state index contributed by atoms with van der Waals surface area (Å²) in [6.45, 7) is 1.32. The van der Waals surface area contributed by atoms with Crippen molar-refractivity contribution in [3.63, 3.8) is 0 Å². The molecule has 0 spiro atoms. The Bertz CT molecular complexity index is 607. The number of nitrogens with zero attached hydrogens (tertiary/aromatic N) is 2. The van der Waals surface area contributed by atoms with Crippen molar-refractivity contribution in [2.75, 3.05) is 6.61 Å². The van der Waals surface area contributed by atoms with Crippen molar-refractivity contribution in [3.8, 4) is 11.3 Å². The minimum Gasteiger partial charge on any atom is -0.479 e. The molecule has 102 valence electrons. The number of carboxylic acids is 1. The molecule has 5 heteroatoms. The van der Waals surface area contributed by atoms with E-state index in [0.717, 1.165) is 16.8 Å². The van der Waals surface area contributed by atoms with E-state index >= 15 is 0 Å². The number of hydrogen-bond acceptors (Lipinski definition) is 4. The number of carboxylic acid groups (broad SMARTS) is 1. The van der Waals surface area contributed by atoms with Crippen LogP contribution in [0.1, 0.15) is 12.5 Å². The van der Waals surface area contributed by atoms with E-state index in [1.807, 2.05) is 42.5 Å². The van der Waals surface area contributed by atoms with Crippen LogP contribution in [0.25, 0.3) is 11.3 Å². The molecular formula is C15H14N2O3. The van der Waals surface area contributed by atoms with Crippen LogP contribution in [-0.2, 0) is 9.63 Å². The van der Waals surface area contributed by atoms with Gasteiger partial charge in [0.1, 0.15) is 0 Å². The molecule has 0 saturated heterocycles. The van der Waals surface area contributed by atoms with Gasteiger partial charge in [0.25, 0.3) is 0 Å². The molecule has 0 atom stereocenters. The lowest BCUT2D eigenvalue weighted by Gasteiger charge is -2.03. The highest BCUT2D eigenvalue weighted by Crippen LogP contribution is 2.17. The second kappa shape index (κ2) is 6.47. The van der Waals surface area contributed by atoms with E-state index in [4.69, 9.17) is 9.94 Å². The van der Waals surface area contributed by atoms with Gasteiger partial charge < -0.3 is 9.94 Å². The zero-order chi connectivity index (χ0) is 14.4. The van der Waals surface area contributed by atoms with Crippen LogP contribution in [0.5, 0.6) is 0 Å². The minimum absolute atomic E-state index is 0.441. The Balaban J connectivity index is 2.10. The Hall–Kier alpha value is -2.69. The van der Waals surface area contributed by atoms with Crippen LogP contribution in [0.15, 0.2) is 53.8 Å². The number of carbonyl (C=O) groups is 1. The van der Waals surface area contributed by atoms with Gasteiger partial charge in [-0.15, -0.1) is 0 Å². The molecule has 0 amide bonds. The maximum Gasteiger partial charge on any atom is 0.344 e. The molecule has 0 saturated carbocycles. The van der Waals surface area contributed by atoms with Crippen LogP contribution in [0.2, 0.25) is 0 Å². The van der Waals surface area contributed by atoms with Crippen LogP contribution in [0, 0.1) is 0 Å². The average Bonchev–Trinajstić information content (AvgIpc) is 2.48. The zero-order valence-electron chi connectivity index (χ0n) is 11.0. The first kappa shape index (κ1) is 13.7. The molecular weight excluding hydrogens is 256 g/mol. The van der Waals surface area contributed by atoms with Gasteiger partial charge in [0, 0.05) is 11.8 Å². The summed E-state index contributed by atoms with van der Waals surface area (Å²) in [5, 5.41) is 12.2. The van der Waals surface area contributed by atoms with Gasteiger partial charge >= 0.3 is 5.97 Å². The molecule has 0 radical (unpaired) electrons. The molecule has 2 aromatic rings. The molecule has 5 nitrogen and oxygen atoms in total. The van der Waals surface area contributed by atoms with Gasteiger partial charge in [-0.25, -0.2) is 4.79 Å². The van der Waals surface area contributed by atoms with Crippen molar-refractivity contribution >= 4 is 11.7 Å². The van der Waals surface area contributed by atoms with Gasteiger partial charge in [0.15, 0.2) is 0 Å². The average molecular weight is 270 g/mol. The summed E-state index contributed by atoms with van der Waals surface area (Å²) >= 11 is 0. The lowest BCUT2D eigenvalue weighted by Crippen LogP contribution is -2.05. The van der Waals surface area contributed by atoms with Crippen molar-refractivity contribution in [1.82, 2.24) is 4.98 Å². The fourth-order valence-electron chi connectivity index (χ4n) is 1.65. The normalized spacial score (nSPS) is 11.2. The number of aromatic nitrogens is 1. The molecule has 0 aliphatic carbocycles. The van der Waals surface area contributed by atoms with Crippen molar-refractivity contribution in [1.29, 1.82) is 0 Å². The highest BCUT2D eigenvalue weighted by molar-refractivity contribution is 5.98. The molecule has 0 aliphatic rings. The third-order valence-corrected chi connectivity index (χ3v) is 2.65. The molecule has 0 aliphatic heterocycles. The highest BCUT2D eigenvalue weighted by atomic mass is 16.6. The molecule has 1 heterocycles. The van der Waals surface area contributed by atoms with Gasteiger partial charge in [0.2, 0.25) is 6.61 Å². The molecule has 2 rings (SSSR count). The smallest absolute Gasteiger partial charge is 0.344 e. The number of aliphatic carboxylic acids is 1. The van der Waals surface area contributed by atoms with E-state index in [-0.39, 0.29) is 0 Å². The summed E-state index contributed by atoms with van der Waals surface area (Å²) in [5.74, 6) is -1.05. The van der Waals surface area contributed by atoms with Gasteiger partial charge in [-0.3, -0.25) is 4.98 Å². The number of oxime groups is 1. The van der Waals surface area contributed by atoms with E-state index in [9.17, 15) is 4.79 Å². The van der Waals surface area contributed by atoms with Gasteiger partial charge in [-0.2, -0.15) is 0 Å². The summed E-state index contributed by atoms with van der Waals surface area (Å²) in [6.07, 6.45) is 1.75. The largest absolute Gasteiger partial charge is 0.479 e. The van der Waals surface area contributed by atoms with Gasteiger partial charge in [0.05, 0.1) is 11.4 Å². The monoisotopic (exact) mass is 270 g/mol. The third-order valence-electron chi connectivity index (χ3n) is 2.65. The Morgan fingerprint density at radius 2 is 2.00 bits per heavy atom. The standard InChI is InChI=1S/C15H14N2O3/c1-11(17-20-10-15(18)19)12-5-7-13(8-6-12)14-4-2-3-9-16-14/h2-9H,10H2,1H3,(H,18,19)/b17-11+. The molecule has 0 fully saturated rings. The summed E-state index contributed by atoms with van der Waals surface area (Å²) in [7, 11) is 0. The van der Waals surface area contributed by atoms with Crippen molar-refractivity contribution in [3.05, 3.63) is 54.2 Å². The predicted molar refractivity (Wildman–Crippen MR) is 75.5 cm³/mol. The van der Waals surface area contributed by atoms with Crippen molar-refractivity contribution in [2.24, 2.45) is 5.16 Å². The van der Waals surface area contributed by atoms with Crippen molar-refractivity contribution < 1.29 is 14.7 Å². The van der Waals surface area contributed by atoms with Crippen LogP contribution >= 0.6 is 0 Å². The van der Waals surface area contributed by atoms with Gasteiger partial charge in [-0.05, 0) is 24.6 Å². The first-order valence-electron chi connectivity index (χ1n) is 6.07. The van der Waals surface area contributed by atoms with E-state index in [0.29, 0.717) is 5.71 Å². The quantitative estimate of drug-likeness (QED) is 0.669. The first-order valence-corrected chi connectivity index (χ1v) is 6.07. The van der Waals surface area contributed by atoms with E-state index in [1.54, 1.807) is 13.1 Å². The van der Waals surface area contributed by atoms with E-state index in [2.05, 4.69) is 10.1 Å². The Kier molecular flexibility index (Phi) is 4.44. The predicted octanol–water partition coefficient (Wildman–Crippen LogP) is 2.57. The summed E-state index contributed by atoms with van der Waals surface area (Å²) in [5.41, 5.74) is 3.40. The fourth-order valence-corrected chi connectivity index (χ4v) is 1.65. The van der Waals surface area contributed by atoms with Crippen molar-refractivity contribution in [2.45, 2.75) is 6.92 Å². The van der Waals surface area contributed by atoms with E-state index in [1.165, 1.54) is 0 Å². The molecule has 1 aromatic carbocycles. The summed E-state index contributed by atoms with van der Waals surface area (Å²) < 4.78 is 0. The lowest BCUT2D eigenvalue weighted by atomic mass is 10.1. The molecule has 20 heavy (non-hydrogen) atoms. The number of hydrogen-bond donors (Lipinski definition) is 1. The molecule has 0 bridgehead atoms. The van der Waals surface area contributed by atoms with Crippen LogP contribution in [0.4, 0.5) is 0 Å². The van der Waals surface area contributed by atoms with Crippen LogP contribution in [-0.4, -0.2) is 28.4 Å². The van der Waals surface area contributed by atoms with Gasteiger partial charge in [-0.1, -0.05) is 35.5 Å². The number of benzene rings is 1.